The van der Waals surface area contributed by atoms with Crippen molar-refractivity contribution in [3.8, 4) is 11.5 Å². The average Bonchev–Trinajstić information content (AvgIpc) is 2.25. The summed E-state index contributed by atoms with van der Waals surface area (Å²) in [6.45, 7) is 0. The molecule has 0 spiro atoms. The maximum Gasteiger partial charge on any atom is 0.142 e. The summed E-state index contributed by atoms with van der Waals surface area (Å²) in [5.41, 5.74) is 0. The van der Waals surface area contributed by atoms with E-state index in [-0.39, 0.29) is 0 Å². The Morgan fingerprint density at radius 3 is 2.47 bits per heavy atom. The maximum absolute atomic E-state index is 5.69. The lowest BCUT2D eigenvalue weighted by Crippen LogP contribution is -1.84. The molecule has 0 aliphatic heterocycles. The summed E-state index contributed by atoms with van der Waals surface area (Å²) in [6, 6.07) is 16.1. The Hall–Kier alpha value is -0.800. The molecule has 0 amide bonds. The summed E-state index contributed by atoms with van der Waals surface area (Å²) in [5.74, 6) is 1.59. The standard InChI is InChI=1S/C12H7Br2O/c13-9-6-7-11(14)12(8-9)15-10-4-2-1-3-5-10/h2-8H. The molecule has 1 radical (unpaired) electrons. The minimum Gasteiger partial charge on any atom is -0.456 e. The minimum absolute atomic E-state index is 0.788. The van der Waals surface area contributed by atoms with Crippen LogP contribution in [0.25, 0.3) is 0 Å². The average molecular weight is 327 g/mol. The molecular formula is C12H7Br2O. The van der Waals surface area contributed by atoms with Gasteiger partial charge < -0.3 is 4.74 Å². The second-order valence-corrected chi connectivity index (χ2v) is 4.68. The number of ether oxygens (including phenoxy) is 1. The summed E-state index contributed by atoms with van der Waals surface area (Å²) in [7, 11) is 0. The Kier molecular flexibility index (Phi) is 3.44. The number of benzene rings is 2. The number of hydrogen-bond acceptors (Lipinski definition) is 1. The van der Waals surface area contributed by atoms with Crippen LogP contribution in [0.3, 0.4) is 0 Å². The molecule has 0 aliphatic carbocycles. The van der Waals surface area contributed by atoms with E-state index in [1.807, 2.05) is 42.5 Å². The van der Waals surface area contributed by atoms with Crippen LogP contribution in [0.5, 0.6) is 11.5 Å². The second kappa shape index (κ2) is 4.81. The Balaban J connectivity index is 2.28. The summed E-state index contributed by atoms with van der Waals surface area (Å²) >= 11 is 6.84. The van der Waals surface area contributed by atoms with E-state index >= 15 is 0 Å². The summed E-state index contributed by atoms with van der Waals surface area (Å²) < 4.78 is 7.61. The van der Waals surface area contributed by atoms with Crippen LogP contribution >= 0.6 is 31.9 Å². The first-order valence-corrected chi connectivity index (χ1v) is 5.93. The molecule has 2 aromatic carbocycles. The van der Waals surface area contributed by atoms with E-state index in [0.29, 0.717) is 0 Å². The third kappa shape index (κ3) is 2.83. The van der Waals surface area contributed by atoms with Gasteiger partial charge in [-0.15, -0.1) is 0 Å². The van der Waals surface area contributed by atoms with Gasteiger partial charge in [-0.05, 0) is 52.3 Å². The molecule has 75 valence electrons. The predicted octanol–water partition coefficient (Wildman–Crippen LogP) is 4.80. The highest BCUT2D eigenvalue weighted by atomic mass is 79.9. The molecule has 0 bridgehead atoms. The van der Waals surface area contributed by atoms with Crippen molar-refractivity contribution in [2.45, 2.75) is 0 Å². The van der Waals surface area contributed by atoms with Gasteiger partial charge >= 0.3 is 0 Å². The van der Waals surface area contributed by atoms with E-state index in [9.17, 15) is 0 Å². The lowest BCUT2D eigenvalue weighted by molar-refractivity contribution is 0.479. The van der Waals surface area contributed by atoms with Gasteiger partial charge in [-0.1, -0.05) is 28.1 Å². The Labute approximate surface area is 105 Å². The molecule has 0 heterocycles. The highest BCUT2D eigenvalue weighted by Gasteiger charge is 2.02. The molecule has 0 saturated heterocycles. The molecule has 15 heavy (non-hydrogen) atoms. The highest BCUT2D eigenvalue weighted by molar-refractivity contribution is 9.11. The van der Waals surface area contributed by atoms with Crippen molar-refractivity contribution in [1.29, 1.82) is 0 Å². The lowest BCUT2D eigenvalue weighted by Gasteiger charge is -2.07. The molecule has 2 rings (SSSR count). The van der Waals surface area contributed by atoms with Crippen molar-refractivity contribution in [2.75, 3.05) is 0 Å². The summed E-state index contributed by atoms with van der Waals surface area (Å²) in [4.78, 5) is 0. The van der Waals surface area contributed by atoms with Crippen LogP contribution in [0.15, 0.2) is 51.4 Å². The topological polar surface area (TPSA) is 9.23 Å². The van der Waals surface area contributed by atoms with E-state index in [1.165, 1.54) is 0 Å². The maximum atomic E-state index is 5.69. The first-order chi connectivity index (χ1) is 7.25. The normalized spacial score (nSPS) is 10.0. The molecule has 0 atom stereocenters. The second-order valence-electron chi connectivity index (χ2n) is 2.91. The third-order valence-electron chi connectivity index (χ3n) is 1.81. The van der Waals surface area contributed by atoms with Crippen molar-refractivity contribution in [1.82, 2.24) is 0 Å². The summed E-state index contributed by atoms with van der Waals surface area (Å²) in [5, 5.41) is 0. The predicted molar refractivity (Wildman–Crippen MR) is 67.2 cm³/mol. The van der Waals surface area contributed by atoms with Crippen LogP contribution in [0.2, 0.25) is 0 Å². The molecule has 2 aromatic rings. The van der Waals surface area contributed by atoms with Gasteiger partial charge in [0.05, 0.1) is 4.47 Å². The molecule has 0 aromatic heterocycles. The molecule has 1 nitrogen and oxygen atoms in total. The fraction of sp³-hybridized carbons (Fsp3) is 0. The van der Waals surface area contributed by atoms with Gasteiger partial charge in [-0.25, -0.2) is 0 Å². The SMILES string of the molecule is Brc1ccc(Br)c(Oc2cc[c]cc2)c1. The fourth-order valence-corrected chi connectivity index (χ4v) is 1.79. The number of rotatable bonds is 2. The molecule has 0 saturated carbocycles. The van der Waals surface area contributed by atoms with Crippen LogP contribution in [0, 0.1) is 6.07 Å². The quantitative estimate of drug-likeness (QED) is 0.770. The number of hydrogen-bond donors (Lipinski definition) is 0. The van der Waals surface area contributed by atoms with Crippen molar-refractivity contribution in [3.05, 3.63) is 57.5 Å². The van der Waals surface area contributed by atoms with Crippen molar-refractivity contribution in [3.63, 3.8) is 0 Å². The zero-order chi connectivity index (χ0) is 10.7. The van der Waals surface area contributed by atoms with E-state index in [2.05, 4.69) is 37.9 Å². The van der Waals surface area contributed by atoms with Gasteiger partial charge in [0.2, 0.25) is 0 Å². The Bertz CT molecular complexity index is 454. The van der Waals surface area contributed by atoms with Gasteiger partial charge in [0.1, 0.15) is 11.5 Å². The Morgan fingerprint density at radius 1 is 1.00 bits per heavy atom. The van der Waals surface area contributed by atoms with Crippen LogP contribution < -0.4 is 4.74 Å². The smallest absolute Gasteiger partial charge is 0.142 e. The molecule has 0 N–H and O–H groups in total. The van der Waals surface area contributed by atoms with Gasteiger partial charge in [0.25, 0.3) is 0 Å². The van der Waals surface area contributed by atoms with Crippen molar-refractivity contribution >= 4 is 31.9 Å². The van der Waals surface area contributed by atoms with Crippen LogP contribution in [0.1, 0.15) is 0 Å². The zero-order valence-electron chi connectivity index (χ0n) is 7.71. The molecule has 3 heteroatoms. The molecular weight excluding hydrogens is 320 g/mol. The first-order valence-electron chi connectivity index (χ1n) is 4.35. The minimum atomic E-state index is 0.788. The van der Waals surface area contributed by atoms with Crippen LogP contribution in [-0.2, 0) is 0 Å². The third-order valence-corrected chi connectivity index (χ3v) is 2.96. The van der Waals surface area contributed by atoms with Crippen LogP contribution in [-0.4, -0.2) is 0 Å². The van der Waals surface area contributed by atoms with Crippen molar-refractivity contribution < 1.29 is 4.74 Å². The lowest BCUT2D eigenvalue weighted by atomic mass is 10.3. The van der Waals surface area contributed by atoms with Gasteiger partial charge in [0, 0.05) is 4.47 Å². The van der Waals surface area contributed by atoms with E-state index in [4.69, 9.17) is 4.74 Å². The first kappa shape index (κ1) is 10.7. The van der Waals surface area contributed by atoms with Gasteiger partial charge in [-0.2, -0.15) is 0 Å². The molecule has 0 aliphatic rings. The van der Waals surface area contributed by atoms with E-state index in [1.54, 1.807) is 0 Å². The van der Waals surface area contributed by atoms with E-state index < -0.39 is 0 Å². The van der Waals surface area contributed by atoms with Crippen molar-refractivity contribution in [2.24, 2.45) is 0 Å². The summed E-state index contributed by atoms with van der Waals surface area (Å²) in [6.07, 6.45) is 0. The monoisotopic (exact) mass is 325 g/mol. The number of halogens is 2. The van der Waals surface area contributed by atoms with Crippen LogP contribution in [0.4, 0.5) is 0 Å². The molecule has 0 unspecified atom stereocenters. The van der Waals surface area contributed by atoms with Gasteiger partial charge in [0.15, 0.2) is 0 Å². The Morgan fingerprint density at radius 2 is 1.73 bits per heavy atom. The molecule has 0 fully saturated rings. The van der Waals surface area contributed by atoms with Gasteiger partial charge in [-0.3, -0.25) is 0 Å². The van der Waals surface area contributed by atoms with E-state index in [0.717, 1.165) is 20.4 Å². The highest BCUT2D eigenvalue weighted by Crippen LogP contribution is 2.31. The largest absolute Gasteiger partial charge is 0.456 e. The fourth-order valence-electron chi connectivity index (χ4n) is 1.12. The zero-order valence-corrected chi connectivity index (χ0v) is 10.9.